The number of carbonyl (C=O) groups excluding carboxylic acids is 1. The summed E-state index contributed by atoms with van der Waals surface area (Å²) in [6, 6.07) is 7.15. The molecule has 1 heterocycles. The number of nitrogens with zero attached hydrogens (tertiary/aromatic N) is 1. The zero-order chi connectivity index (χ0) is 14.5. The number of likely N-dealkylation sites (N-methyl/N-ethyl adjacent to an activating group) is 1. The molecular formula is C14H16BrN3O2. The molecule has 3 N–H and O–H groups in total. The number of anilines is 2. The molecule has 106 valence electrons. The number of amides is 1. The second-order valence-corrected chi connectivity index (χ2v) is 5.45. The molecule has 0 aliphatic heterocycles. The molecule has 0 saturated carbocycles. The van der Waals surface area contributed by atoms with Crippen molar-refractivity contribution in [2.24, 2.45) is 0 Å². The fourth-order valence-corrected chi connectivity index (χ4v) is 2.31. The van der Waals surface area contributed by atoms with Crippen LogP contribution in [-0.4, -0.2) is 24.4 Å². The molecule has 1 aromatic heterocycles. The van der Waals surface area contributed by atoms with Crippen LogP contribution >= 0.6 is 15.9 Å². The summed E-state index contributed by atoms with van der Waals surface area (Å²) >= 11 is 3.37. The Hall–Kier alpha value is -1.79. The van der Waals surface area contributed by atoms with E-state index in [-0.39, 0.29) is 5.91 Å². The van der Waals surface area contributed by atoms with Crippen molar-refractivity contribution in [3.05, 3.63) is 46.8 Å². The van der Waals surface area contributed by atoms with Gasteiger partial charge in [0.1, 0.15) is 0 Å². The van der Waals surface area contributed by atoms with E-state index in [0.717, 1.165) is 10.0 Å². The first-order valence-electron chi connectivity index (χ1n) is 6.09. The van der Waals surface area contributed by atoms with Crippen LogP contribution in [0.4, 0.5) is 11.4 Å². The second-order valence-electron chi connectivity index (χ2n) is 4.59. The molecule has 20 heavy (non-hydrogen) atoms. The van der Waals surface area contributed by atoms with Gasteiger partial charge in [-0.3, -0.25) is 9.69 Å². The minimum absolute atomic E-state index is 0.0820. The molecule has 0 bridgehead atoms. The van der Waals surface area contributed by atoms with Crippen LogP contribution in [0.15, 0.2) is 45.7 Å². The van der Waals surface area contributed by atoms with E-state index in [9.17, 15) is 4.79 Å². The monoisotopic (exact) mass is 337 g/mol. The summed E-state index contributed by atoms with van der Waals surface area (Å²) in [7, 11) is 1.88. The number of halogens is 1. The van der Waals surface area contributed by atoms with Crippen molar-refractivity contribution in [2.45, 2.75) is 6.54 Å². The minimum atomic E-state index is -0.0820. The third kappa shape index (κ3) is 4.11. The van der Waals surface area contributed by atoms with Crippen LogP contribution in [0.3, 0.4) is 0 Å². The highest BCUT2D eigenvalue weighted by molar-refractivity contribution is 9.10. The van der Waals surface area contributed by atoms with Crippen molar-refractivity contribution in [2.75, 3.05) is 24.6 Å². The average Bonchev–Trinajstić information content (AvgIpc) is 2.85. The second kappa shape index (κ2) is 6.58. The number of benzene rings is 1. The molecule has 5 nitrogen and oxygen atoms in total. The highest BCUT2D eigenvalue weighted by atomic mass is 79.9. The molecular weight excluding hydrogens is 322 g/mol. The van der Waals surface area contributed by atoms with Crippen LogP contribution in [0.2, 0.25) is 0 Å². The van der Waals surface area contributed by atoms with Crippen LogP contribution < -0.4 is 11.1 Å². The van der Waals surface area contributed by atoms with Crippen LogP contribution in [-0.2, 0) is 11.3 Å². The molecule has 0 unspecified atom stereocenters. The van der Waals surface area contributed by atoms with Gasteiger partial charge in [0, 0.05) is 22.3 Å². The summed E-state index contributed by atoms with van der Waals surface area (Å²) in [5.41, 5.74) is 8.05. The van der Waals surface area contributed by atoms with Gasteiger partial charge in [-0.05, 0) is 47.2 Å². The van der Waals surface area contributed by atoms with E-state index in [0.29, 0.717) is 24.5 Å². The van der Waals surface area contributed by atoms with Gasteiger partial charge in [-0.2, -0.15) is 0 Å². The Morgan fingerprint density at radius 3 is 2.90 bits per heavy atom. The number of rotatable bonds is 5. The predicted octanol–water partition coefficient (Wildman–Crippen LogP) is 2.69. The van der Waals surface area contributed by atoms with Crippen molar-refractivity contribution in [1.29, 1.82) is 0 Å². The summed E-state index contributed by atoms with van der Waals surface area (Å²) in [5.74, 6) is -0.0820. The van der Waals surface area contributed by atoms with E-state index >= 15 is 0 Å². The number of nitrogens with two attached hydrogens (primary N) is 1. The van der Waals surface area contributed by atoms with E-state index in [2.05, 4.69) is 21.2 Å². The summed E-state index contributed by atoms with van der Waals surface area (Å²) in [5, 5.41) is 2.84. The fourth-order valence-electron chi connectivity index (χ4n) is 1.82. The highest BCUT2D eigenvalue weighted by Gasteiger charge is 2.09. The number of hydrogen-bond donors (Lipinski definition) is 2. The molecule has 0 aliphatic rings. The highest BCUT2D eigenvalue weighted by Crippen LogP contribution is 2.24. The third-order valence-corrected chi connectivity index (χ3v) is 3.37. The van der Waals surface area contributed by atoms with Gasteiger partial charge in [-0.1, -0.05) is 0 Å². The van der Waals surface area contributed by atoms with Crippen molar-refractivity contribution in [1.82, 2.24) is 4.90 Å². The van der Waals surface area contributed by atoms with Crippen molar-refractivity contribution in [3.63, 3.8) is 0 Å². The van der Waals surface area contributed by atoms with Gasteiger partial charge in [0.25, 0.3) is 0 Å². The van der Waals surface area contributed by atoms with Gasteiger partial charge in [0.05, 0.1) is 24.8 Å². The molecule has 0 aliphatic carbocycles. The van der Waals surface area contributed by atoms with Crippen molar-refractivity contribution >= 4 is 33.2 Å². The Morgan fingerprint density at radius 1 is 1.45 bits per heavy atom. The molecule has 1 aromatic carbocycles. The predicted molar refractivity (Wildman–Crippen MR) is 82.2 cm³/mol. The smallest absolute Gasteiger partial charge is 0.238 e. The van der Waals surface area contributed by atoms with Gasteiger partial charge in [-0.25, -0.2) is 0 Å². The first kappa shape index (κ1) is 14.6. The molecule has 0 spiro atoms. The lowest BCUT2D eigenvalue weighted by Crippen LogP contribution is -2.29. The zero-order valence-corrected chi connectivity index (χ0v) is 12.7. The Balaban J connectivity index is 1.88. The average molecular weight is 338 g/mol. The van der Waals surface area contributed by atoms with Gasteiger partial charge in [0.2, 0.25) is 5.91 Å². The van der Waals surface area contributed by atoms with E-state index in [1.165, 1.54) is 0 Å². The number of nitrogens with one attached hydrogen (secondary N) is 1. The van der Waals surface area contributed by atoms with Gasteiger partial charge >= 0.3 is 0 Å². The molecule has 1 amide bonds. The van der Waals surface area contributed by atoms with Crippen LogP contribution in [0.1, 0.15) is 5.56 Å². The molecule has 2 rings (SSSR count). The summed E-state index contributed by atoms with van der Waals surface area (Å²) < 4.78 is 5.76. The summed E-state index contributed by atoms with van der Waals surface area (Å²) in [6.07, 6.45) is 3.29. The molecule has 0 saturated heterocycles. The van der Waals surface area contributed by atoms with Gasteiger partial charge < -0.3 is 15.5 Å². The van der Waals surface area contributed by atoms with E-state index in [1.807, 2.05) is 18.0 Å². The van der Waals surface area contributed by atoms with Crippen molar-refractivity contribution in [3.8, 4) is 0 Å². The molecule has 2 aromatic rings. The van der Waals surface area contributed by atoms with Gasteiger partial charge in [-0.15, -0.1) is 0 Å². The Bertz CT molecular complexity index is 584. The van der Waals surface area contributed by atoms with E-state index in [1.54, 1.807) is 30.7 Å². The SMILES string of the molecule is CN(CC(=O)Nc1ccc(N)cc1Br)Cc1ccoc1. The minimum Gasteiger partial charge on any atom is -0.472 e. The quantitative estimate of drug-likeness (QED) is 0.823. The van der Waals surface area contributed by atoms with E-state index in [4.69, 9.17) is 10.2 Å². The maximum absolute atomic E-state index is 12.0. The van der Waals surface area contributed by atoms with Crippen molar-refractivity contribution < 1.29 is 9.21 Å². The van der Waals surface area contributed by atoms with Crippen LogP contribution in [0.25, 0.3) is 0 Å². The standard InChI is InChI=1S/C14H16BrN3O2/c1-18(7-10-4-5-20-9-10)8-14(19)17-13-3-2-11(16)6-12(13)15/h2-6,9H,7-8,16H2,1H3,(H,17,19). The number of hydrogen-bond acceptors (Lipinski definition) is 4. The summed E-state index contributed by atoms with van der Waals surface area (Å²) in [6.45, 7) is 0.953. The maximum Gasteiger partial charge on any atom is 0.238 e. The normalized spacial score (nSPS) is 10.8. The maximum atomic E-state index is 12.0. The summed E-state index contributed by atoms with van der Waals surface area (Å²) in [4.78, 5) is 13.9. The Morgan fingerprint density at radius 2 is 2.25 bits per heavy atom. The van der Waals surface area contributed by atoms with Crippen LogP contribution in [0.5, 0.6) is 0 Å². The largest absolute Gasteiger partial charge is 0.472 e. The molecule has 0 radical (unpaired) electrons. The lowest BCUT2D eigenvalue weighted by atomic mass is 10.3. The third-order valence-electron chi connectivity index (χ3n) is 2.71. The Labute approximate surface area is 125 Å². The molecule has 0 atom stereocenters. The van der Waals surface area contributed by atoms with Crippen LogP contribution in [0, 0.1) is 0 Å². The van der Waals surface area contributed by atoms with Gasteiger partial charge in [0.15, 0.2) is 0 Å². The number of carbonyl (C=O) groups is 1. The number of nitrogen functional groups attached to an aromatic ring is 1. The topological polar surface area (TPSA) is 71.5 Å². The van der Waals surface area contributed by atoms with E-state index < -0.39 is 0 Å². The lowest BCUT2D eigenvalue weighted by Gasteiger charge is -2.15. The first-order valence-corrected chi connectivity index (χ1v) is 6.88. The zero-order valence-electron chi connectivity index (χ0n) is 11.1. The number of furan rings is 1. The lowest BCUT2D eigenvalue weighted by molar-refractivity contribution is -0.117. The first-order chi connectivity index (χ1) is 9.54. The Kier molecular flexibility index (Phi) is 4.81. The molecule has 6 heteroatoms. The fraction of sp³-hybridized carbons (Fsp3) is 0.214. The molecule has 0 fully saturated rings.